The maximum Gasteiger partial charge on any atom is 0.322 e. The normalized spacial score (nSPS) is 24.2. The molecule has 1 atom stereocenters. The first kappa shape index (κ1) is 12.4. The molecule has 1 aliphatic rings. The fourth-order valence-electron chi connectivity index (χ4n) is 1.76. The van der Waals surface area contributed by atoms with E-state index in [9.17, 15) is 14.4 Å². The molecule has 1 heterocycles. The number of amides is 4. The summed E-state index contributed by atoms with van der Waals surface area (Å²) in [5.41, 5.74) is 0.977. The average molecular weight is 228 g/mol. The zero-order valence-corrected chi connectivity index (χ0v) is 9.29. The van der Waals surface area contributed by atoms with Gasteiger partial charge in [-0.1, -0.05) is 13.8 Å². The smallest absolute Gasteiger partial charge is 0.322 e. The fourth-order valence-corrected chi connectivity index (χ4v) is 1.76. The number of hydrogen-bond acceptors (Lipinski definition) is 4. The van der Waals surface area contributed by atoms with Gasteiger partial charge in [-0.2, -0.15) is 0 Å². The molecular formula is C9H16N4O3. The molecule has 1 aliphatic heterocycles. The zero-order valence-electron chi connectivity index (χ0n) is 9.29. The van der Waals surface area contributed by atoms with E-state index >= 15 is 0 Å². The van der Waals surface area contributed by atoms with E-state index in [0.717, 1.165) is 0 Å². The number of imide groups is 1. The highest BCUT2D eigenvalue weighted by Crippen LogP contribution is 2.26. The van der Waals surface area contributed by atoms with Crippen LogP contribution in [0.5, 0.6) is 0 Å². The van der Waals surface area contributed by atoms with Crippen molar-refractivity contribution in [1.82, 2.24) is 16.1 Å². The Bertz CT molecular complexity index is 329. The van der Waals surface area contributed by atoms with Crippen LogP contribution in [0.25, 0.3) is 0 Å². The Hall–Kier alpha value is -1.63. The molecule has 4 amide bonds. The van der Waals surface area contributed by atoms with E-state index in [0.29, 0.717) is 0 Å². The van der Waals surface area contributed by atoms with E-state index in [4.69, 9.17) is 5.84 Å². The maximum absolute atomic E-state index is 11.7. The summed E-state index contributed by atoms with van der Waals surface area (Å²) in [4.78, 5) is 33.9. The molecule has 0 saturated carbocycles. The van der Waals surface area contributed by atoms with Crippen LogP contribution in [-0.2, 0) is 9.59 Å². The molecule has 0 aromatic heterocycles. The first-order valence-corrected chi connectivity index (χ1v) is 5.05. The third-order valence-corrected chi connectivity index (χ3v) is 2.86. The Kier molecular flexibility index (Phi) is 3.48. The highest BCUT2D eigenvalue weighted by atomic mass is 16.2. The van der Waals surface area contributed by atoms with Crippen molar-refractivity contribution < 1.29 is 14.4 Å². The third-order valence-electron chi connectivity index (χ3n) is 2.86. The maximum atomic E-state index is 11.7. The Morgan fingerprint density at radius 2 is 2.12 bits per heavy atom. The molecule has 7 heteroatoms. The van der Waals surface area contributed by atoms with Crippen LogP contribution in [0, 0.1) is 5.92 Å². The van der Waals surface area contributed by atoms with E-state index < -0.39 is 17.5 Å². The predicted molar refractivity (Wildman–Crippen MR) is 55.8 cm³/mol. The molecular weight excluding hydrogens is 212 g/mol. The van der Waals surface area contributed by atoms with Crippen molar-refractivity contribution >= 4 is 17.8 Å². The van der Waals surface area contributed by atoms with Gasteiger partial charge in [0.25, 0.3) is 5.91 Å². The monoisotopic (exact) mass is 228 g/mol. The van der Waals surface area contributed by atoms with Gasteiger partial charge < -0.3 is 5.32 Å². The topological polar surface area (TPSA) is 113 Å². The summed E-state index contributed by atoms with van der Waals surface area (Å²) in [7, 11) is 0. The highest BCUT2D eigenvalue weighted by molar-refractivity contribution is 6.07. The summed E-state index contributed by atoms with van der Waals surface area (Å²) in [6.45, 7) is 3.62. The molecule has 0 aliphatic carbocycles. The van der Waals surface area contributed by atoms with Crippen LogP contribution in [0.4, 0.5) is 4.79 Å². The van der Waals surface area contributed by atoms with E-state index in [1.165, 1.54) is 0 Å². The van der Waals surface area contributed by atoms with Crippen LogP contribution in [0.3, 0.4) is 0 Å². The minimum atomic E-state index is -1.01. The van der Waals surface area contributed by atoms with Gasteiger partial charge in [0.1, 0.15) is 5.54 Å². The lowest BCUT2D eigenvalue weighted by atomic mass is 9.82. The van der Waals surface area contributed by atoms with Gasteiger partial charge >= 0.3 is 6.03 Å². The summed E-state index contributed by atoms with van der Waals surface area (Å²) in [5.74, 6) is 4.09. The molecule has 1 unspecified atom stereocenters. The number of rotatable bonds is 4. The zero-order chi connectivity index (χ0) is 12.3. The van der Waals surface area contributed by atoms with E-state index in [1.54, 1.807) is 0 Å². The molecule has 0 bridgehead atoms. The van der Waals surface area contributed by atoms with Crippen LogP contribution in [0.15, 0.2) is 0 Å². The van der Waals surface area contributed by atoms with Crippen molar-refractivity contribution in [2.24, 2.45) is 11.8 Å². The lowest BCUT2D eigenvalue weighted by molar-refractivity contribution is -0.126. The van der Waals surface area contributed by atoms with Crippen LogP contribution in [0.1, 0.15) is 26.7 Å². The Labute approximate surface area is 93.1 Å². The molecule has 16 heavy (non-hydrogen) atoms. The van der Waals surface area contributed by atoms with Crippen molar-refractivity contribution in [2.45, 2.75) is 32.2 Å². The average Bonchev–Trinajstić information content (AvgIpc) is 2.51. The van der Waals surface area contributed by atoms with Crippen molar-refractivity contribution in [1.29, 1.82) is 0 Å². The molecule has 1 rings (SSSR count). The first-order valence-electron chi connectivity index (χ1n) is 5.05. The summed E-state index contributed by atoms with van der Waals surface area (Å²) in [5, 5.41) is 4.75. The minimum absolute atomic E-state index is 0.0857. The highest BCUT2D eigenvalue weighted by Gasteiger charge is 2.48. The fraction of sp³-hybridized carbons (Fsp3) is 0.667. The van der Waals surface area contributed by atoms with Gasteiger partial charge in [0.05, 0.1) is 0 Å². The lowest BCUT2D eigenvalue weighted by Gasteiger charge is -2.29. The Morgan fingerprint density at radius 1 is 1.50 bits per heavy atom. The lowest BCUT2D eigenvalue weighted by Crippen LogP contribution is -2.52. The van der Waals surface area contributed by atoms with Crippen molar-refractivity contribution in [3.05, 3.63) is 0 Å². The molecule has 1 saturated heterocycles. The number of carbonyl (C=O) groups is 3. The molecule has 5 N–H and O–H groups in total. The van der Waals surface area contributed by atoms with E-state index in [2.05, 4.69) is 10.6 Å². The SMILES string of the molecule is CC(C)C1(CCC(=O)NN)NC(=O)NC1=O. The molecule has 90 valence electrons. The second-order valence-corrected chi connectivity index (χ2v) is 4.10. The van der Waals surface area contributed by atoms with Crippen LogP contribution in [-0.4, -0.2) is 23.4 Å². The van der Waals surface area contributed by atoms with E-state index in [1.807, 2.05) is 19.3 Å². The number of nitrogens with two attached hydrogens (primary N) is 1. The second kappa shape index (κ2) is 4.48. The summed E-state index contributed by atoms with van der Waals surface area (Å²) >= 11 is 0. The van der Waals surface area contributed by atoms with Gasteiger partial charge in [0.2, 0.25) is 5.91 Å². The number of carbonyl (C=O) groups excluding carboxylic acids is 3. The predicted octanol–water partition coefficient (Wildman–Crippen LogP) is -1.01. The second-order valence-electron chi connectivity index (χ2n) is 4.10. The quantitative estimate of drug-likeness (QED) is 0.214. The summed E-state index contributed by atoms with van der Waals surface area (Å²) in [6, 6.07) is -0.521. The van der Waals surface area contributed by atoms with Crippen molar-refractivity contribution in [3.8, 4) is 0 Å². The van der Waals surface area contributed by atoms with Gasteiger partial charge in [0.15, 0.2) is 0 Å². The first-order chi connectivity index (χ1) is 7.42. The van der Waals surface area contributed by atoms with Gasteiger partial charge in [-0.05, 0) is 12.3 Å². The molecule has 7 nitrogen and oxygen atoms in total. The number of hydrogen-bond donors (Lipinski definition) is 4. The summed E-state index contributed by atoms with van der Waals surface area (Å²) < 4.78 is 0. The molecule has 0 radical (unpaired) electrons. The van der Waals surface area contributed by atoms with Crippen molar-refractivity contribution in [3.63, 3.8) is 0 Å². The number of hydrazine groups is 1. The van der Waals surface area contributed by atoms with Gasteiger partial charge in [-0.25, -0.2) is 10.6 Å². The number of urea groups is 1. The van der Waals surface area contributed by atoms with Gasteiger partial charge in [0, 0.05) is 6.42 Å². The standard InChI is InChI=1S/C9H16N4O3/c1-5(2)9(4-3-6(14)13-10)7(15)11-8(16)12-9/h5H,3-4,10H2,1-2H3,(H,13,14)(H2,11,12,15,16). The van der Waals surface area contributed by atoms with Crippen LogP contribution >= 0.6 is 0 Å². The number of nitrogens with one attached hydrogen (secondary N) is 3. The van der Waals surface area contributed by atoms with Gasteiger partial charge in [-0.3, -0.25) is 20.3 Å². The third kappa shape index (κ3) is 2.13. The Balaban J connectivity index is 2.78. The molecule has 0 aromatic rings. The Morgan fingerprint density at radius 3 is 2.50 bits per heavy atom. The largest absolute Gasteiger partial charge is 0.323 e. The van der Waals surface area contributed by atoms with Gasteiger partial charge in [-0.15, -0.1) is 0 Å². The molecule has 1 fully saturated rings. The minimum Gasteiger partial charge on any atom is -0.323 e. The summed E-state index contributed by atoms with van der Waals surface area (Å²) in [6.07, 6.45) is 0.313. The van der Waals surface area contributed by atoms with E-state index in [-0.39, 0.29) is 24.7 Å². The molecule has 0 aromatic carbocycles. The van der Waals surface area contributed by atoms with Crippen LogP contribution < -0.4 is 21.9 Å². The van der Waals surface area contributed by atoms with Crippen LogP contribution in [0.2, 0.25) is 0 Å². The molecule has 0 spiro atoms. The van der Waals surface area contributed by atoms with Crippen molar-refractivity contribution in [2.75, 3.05) is 0 Å².